The van der Waals surface area contributed by atoms with E-state index in [0.29, 0.717) is 19.8 Å². The monoisotopic (exact) mass is 272 g/mol. The van der Waals surface area contributed by atoms with E-state index >= 15 is 0 Å². The Bertz CT molecular complexity index is 272. The molecule has 112 valence electrons. The molecule has 0 atom stereocenters. The summed E-state index contributed by atoms with van der Waals surface area (Å²) in [5.74, 6) is 0. The summed E-state index contributed by atoms with van der Waals surface area (Å²) in [4.78, 5) is 11.3. The summed E-state index contributed by atoms with van der Waals surface area (Å²) in [6.07, 6.45) is 0.497. The van der Waals surface area contributed by atoms with Gasteiger partial charge >= 0.3 is 6.09 Å². The molecule has 0 aliphatic carbocycles. The van der Waals surface area contributed by atoms with Crippen LogP contribution in [0.2, 0.25) is 0 Å². The number of carbonyl (C=O) groups is 1. The predicted octanol–water partition coefficient (Wildman–Crippen LogP) is 2.08. The molecule has 0 heterocycles. The van der Waals surface area contributed by atoms with Crippen LogP contribution in [-0.2, 0) is 9.47 Å². The molecule has 1 amide bonds. The zero-order chi connectivity index (χ0) is 14.7. The van der Waals surface area contributed by atoms with Crippen LogP contribution in [0.15, 0.2) is 12.2 Å². The van der Waals surface area contributed by atoms with Crippen molar-refractivity contribution in [2.75, 3.05) is 32.8 Å². The van der Waals surface area contributed by atoms with Gasteiger partial charge in [-0.1, -0.05) is 12.2 Å². The van der Waals surface area contributed by atoms with Crippen LogP contribution >= 0.6 is 0 Å². The van der Waals surface area contributed by atoms with Crippen molar-refractivity contribution >= 4 is 6.09 Å². The van der Waals surface area contributed by atoms with Crippen LogP contribution in [0.1, 0.15) is 34.1 Å². The summed E-state index contributed by atoms with van der Waals surface area (Å²) >= 11 is 0. The predicted molar refractivity (Wildman–Crippen MR) is 77.4 cm³/mol. The molecule has 0 rings (SSSR count). The summed E-state index contributed by atoms with van der Waals surface area (Å²) in [5.41, 5.74) is 0.588. The molecule has 0 aromatic heterocycles. The van der Waals surface area contributed by atoms with Crippen molar-refractivity contribution in [3.63, 3.8) is 0 Å². The van der Waals surface area contributed by atoms with Crippen LogP contribution in [-0.4, -0.2) is 44.5 Å². The average molecular weight is 272 g/mol. The van der Waals surface area contributed by atoms with Crippen molar-refractivity contribution in [2.24, 2.45) is 0 Å². The SMILES string of the molecule is C=C(C)COCCNCCCNC(=O)OC(C)(C)C. The highest BCUT2D eigenvalue weighted by atomic mass is 16.6. The largest absolute Gasteiger partial charge is 0.444 e. The normalized spacial score (nSPS) is 11.2. The molecule has 5 heteroatoms. The van der Waals surface area contributed by atoms with Gasteiger partial charge in [-0.3, -0.25) is 0 Å². The molecule has 0 radical (unpaired) electrons. The Hall–Kier alpha value is -1.07. The fourth-order valence-electron chi connectivity index (χ4n) is 1.23. The lowest BCUT2D eigenvalue weighted by molar-refractivity contribution is 0.0527. The molecule has 0 saturated heterocycles. The van der Waals surface area contributed by atoms with Gasteiger partial charge in [0.05, 0.1) is 13.2 Å². The van der Waals surface area contributed by atoms with E-state index in [9.17, 15) is 4.79 Å². The lowest BCUT2D eigenvalue weighted by Gasteiger charge is -2.19. The molecule has 0 fully saturated rings. The zero-order valence-electron chi connectivity index (χ0n) is 12.7. The van der Waals surface area contributed by atoms with Crippen LogP contribution in [0.3, 0.4) is 0 Å². The zero-order valence-corrected chi connectivity index (χ0v) is 12.7. The Kier molecular flexibility index (Phi) is 9.26. The minimum atomic E-state index is -0.442. The van der Waals surface area contributed by atoms with E-state index in [0.717, 1.165) is 25.1 Å². The molecule has 0 unspecified atom stereocenters. The van der Waals surface area contributed by atoms with Gasteiger partial charge in [-0.2, -0.15) is 0 Å². The van der Waals surface area contributed by atoms with E-state index in [-0.39, 0.29) is 6.09 Å². The van der Waals surface area contributed by atoms with Crippen molar-refractivity contribution in [1.29, 1.82) is 0 Å². The fourth-order valence-corrected chi connectivity index (χ4v) is 1.23. The fraction of sp³-hybridized carbons (Fsp3) is 0.786. The van der Waals surface area contributed by atoms with Gasteiger partial charge in [0.1, 0.15) is 5.60 Å². The van der Waals surface area contributed by atoms with Gasteiger partial charge in [-0.25, -0.2) is 4.79 Å². The maximum absolute atomic E-state index is 11.3. The third-order valence-corrected chi connectivity index (χ3v) is 1.97. The Balaban J connectivity index is 3.27. The maximum atomic E-state index is 11.3. The van der Waals surface area contributed by atoms with Crippen LogP contribution in [0.5, 0.6) is 0 Å². The lowest BCUT2D eigenvalue weighted by Crippen LogP contribution is -2.34. The van der Waals surface area contributed by atoms with Crippen molar-refractivity contribution < 1.29 is 14.3 Å². The first-order valence-electron chi connectivity index (χ1n) is 6.71. The molecule has 19 heavy (non-hydrogen) atoms. The molecule has 0 aliphatic rings. The second-order valence-corrected chi connectivity index (χ2v) is 5.54. The first-order chi connectivity index (χ1) is 8.81. The third-order valence-electron chi connectivity index (χ3n) is 1.97. The number of nitrogens with one attached hydrogen (secondary N) is 2. The van der Waals surface area contributed by atoms with Gasteiger partial charge in [0, 0.05) is 13.1 Å². The van der Waals surface area contributed by atoms with E-state index < -0.39 is 5.60 Å². The van der Waals surface area contributed by atoms with Crippen molar-refractivity contribution in [3.8, 4) is 0 Å². The minimum Gasteiger partial charge on any atom is -0.444 e. The molecular formula is C14H28N2O3. The number of carbonyl (C=O) groups excluding carboxylic acids is 1. The van der Waals surface area contributed by atoms with E-state index in [4.69, 9.17) is 9.47 Å². The van der Waals surface area contributed by atoms with Gasteiger partial charge in [-0.05, 0) is 40.7 Å². The topological polar surface area (TPSA) is 59.6 Å². The quantitative estimate of drug-likeness (QED) is 0.498. The lowest BCUT2D eigenvalue weighted by atomic mass is 10.2. The summed E-state index contributed by atoms with van der Waals surface area (Å²) < 4.78 is 10.5. The van der Waals surface area contributed by atoms with Crippen molar-refractivity contribution in [2.45, 2.75) is 39.7 Å². The van der Waals surface area contributed by atoms with E-state index in [1.54, 1.807) is 0 Å². The highest BCUT2D eigenvalue weighted by Crippen LogP contribution is 2.06. The number of ether oxygens (including phenoxy) is 2. The summed E-state index contributed by atoms with van der Waals surface area (Å²) in [6, 6.07) is 0. The molecule has 0 spiro atoms. The van der Waals surface area contributed by atoms with Gasteiger partial charge in [0.15, 0.2) is 0 Å². The summed E-state index contributed by atoms with van der Waals surface area (Å²) in [6.45, 7) is 14.8. The van der Waals surface area contributed by atoms with Crippen LogP contribution < -0.4 is 10.6 Å². The summed E-state index contributed by atoms with van der Waals surface area (Å²) in [7, 11) is 0. The minimum absolute atomic E-state index is 0.364. The Morgan fingerprint density at radius 3 is 2.47 bits per heavy atom. The molecule has 0 aliphatic heterocycles. The first kappa shape index (κ1) is 17.9. The molecular weight excluding hydrogens is 244 g/mol. The Morgan fingerprint density at radius 1 is 1.21 bits per heavy atom. The van der Waals surface area contributed by atoms with Crippen molar-refractivity contribution in [3.05, 3.63) is 12.2 Å². The smallest absolute Gasteiger partial charge is 0.407 e. The molecule has 0 aromatic rings. The van der Waals surface area contributed by atoms with Gasteiger partial charge < -0.3 is 20.1 Å². The highest BCUT2D eigenvalue weighted by molar-refractivity contribution is 5.67. The number of rotatable bonds is 9. The molecule has 0 bridgehead atoms. The van der Waals surface area contributed by atoms with Crippen LogP contribution in [0.25, 0.3) is 0 Å². The Morgan fingerprint density at radius 2 is 1.89 bits per heavy atom. The van der Waals surface area contributed by atoms with Gasteiger partial charge in [0.2, 0.25) is 0 Å². The number of hydrogen-bond donors (Lipinski definition) is 2. The van der Waals surface area contributed by atoms with E-state index in [1.165, 1.54) is 0 Å². The molecule has 0 aromatic carbocycles. The van der Waals surface area contributed by atoms with Crippen LogP contribution in [0.4, 0.5) is 4.79 Å². The second-order valence-electron chi connectivity index (χ2n) is 5.54. The standard InChI is InChI=1S/C14H28N2O3/c1-12(2)11-18-10-9-15-7-6-8-16-13(17)19-14(3,4)5/h15H,1,6-11H2,2-5H3,(H,16,17). The maximum Gasteiger partial charge on any atom is 0.407 e. The number of alkyl carbamates (subject to hydrolysis) is 1. The Labute approximate surface area is 116 Å². The molecule has 2 N–H and O–H groups in total. The number of hydrogen-bond acceptors (Lipinski definition) is 4. The van der Waals surface area contributed by atoms with E-state index in [2.05, 4.69) is 17.2 Å². The first-order valence-corrected chi connectivity index (χ1v) is 6.71. The summed E-state index contributed by atoms with van der Waals surface area (Å²) in [5, 5.41) is 5.95. The van der Waals surface area contributed by atoms with Gasteiger partial charge in [-0.15, -0.1) is 0 Å². The molecule has 0 saturated carbocycles. The molecule has 5 nitrogen and oxygen atoms in total. The van der Waals surface area contributed by atoms with Crippen molar-refractivity contribution in [1.82, 2.24) is 10.6 Å². The average Bonchev–Trinajstić information content (AvgIpc) is 2.24. The highest BCUT2D eigenvalue weighted by Gasteiger charge is 2.15. The second kappa shape index (κ2) is 9.81. The number of amides is 1. The third kappa shape index (κ3) is 14.9. The van der Waals surface area contributed by atoms with Crippen LogP contribution in [0, 0.1) is 0 Å². The van der Waals surface area contributed by atoms with Gasteiger partial charge in [0.25, 0.3) is 0 Å². The van der Waals surface area contributed by atoms with E-state index in [1.807, 2.05) is 27.7 Å².